The largest absolute Gasteiger partial charge is 0.360 e. The van der Waals surface area contributed by atoms with E-state index < -0.39 is 0 Å². The number of aromatic nitrogens is 4. The van der Waals surface area contributed by atoms with Gasteiger partial charge in [-0.3, -0.25) is 0 Å². The first-order valence-electron chi connectivity index (χ1n) is 6.96. The second-order valence-electron chi connectivity index (χ2n) is 5.51. The minimum atomic E-state index is 0.648. The van der Waals surface area contributed by atoms with Crippen molar-refractivity contribution in [1.29, 1.82) is 0 Å². The lowest BCUT2D eigenvalue weighted by atomic mass is 9.99. The number of nitrogens with zero attached hydrogens (tertiary/aromatic N) is 4. The number of fused-ring (bicyclic) bond motifs is 1. The van der Waals surface area contributed by atoms with Crippen LogP contribution in [0.25, 0.3) is 0 Å². The molecule has 0 spiro atoms. The Hall–Kier alpha value is -1.43. The molecule has 0 saturated heterocycles. The molecule has 1 aliphatic heterocycles. The van der Waals surface area contributed by atoms with Gasteiger partial charge in [-0.05, 0) is 25.2 Å². The third-order valence-corrected chi connectivity index (χ3v) is 4.65. The Labute approximate surface area is 116 Å². The number of hydrogen-bond acceptors (Lipinski definition) is 5. The van der Waals surface area contributed by atoms with Crippen LogP contribution in [0.15, 0.2) is 12.4 Å². The molecule has 1 saturated carbocycles. The maximum Gasteiger partial charge on any atom is 0.202 e. The minimum Gasteiger partial charge on any atom is -0.360 e. The van der Waals surface area contributed by atoms with Gasteiger partial charge in [0.15, 0.2) is 0 Å². The highest BCUT2D eigenvalue weighted by molar-refractivity contribution is 7.09. The van der Waals surface area contributed by atoms with Crippen molar-refractivity contribution in [3.8, 4) is 0 Å². The molecule has 0 aromatic carbocycles. The monoisotopic (exact) mass is 275 g/mol. The zero-order valence-electron chi connectivity index (χ0n) is 10.7. The normalized spacial score (nSPS) is 22.2. The zero-order valence-corrected chi connectivity index (χ0v) is 11.6. The molecule has 1 N–H and O–H groups in total. The molecule has 4 rings (SSSR count). The third-order valence-electron chi connectivity index (χ3n) is 3.96. The van der Waals surface area contributed by atoms with E-state index in [2.05, 4.69) is 30.4 Å². The van der Waals surface area contributed by atoms with Gasteiger partial charge in [0.2, 0.25) is 5.13 Å². The van der Waals surface area contributed by atoms with Crippen LogP contribution in [0.4, 0.5) is 5.13 Å². The number of rotatable bonds is 4. The Kier molecular flexibility index (Phi) is 2.76. The summed E-state index contributed by atoms with van der Waals surface area (Å²) in [5.74, 6) is 3.58. The second kappa shape index (κ2) is 4.59. The molecule has 6 heteroatoms. The van der Waals surface area contributed by atoms with Crippen LogP contribution in [-0.4, -0.2) is 25.5 Å². The summed E-state index contributed by atoms with van der Waals surface area (Å²) in [6, 6.07) is 0. The molecule has 2 aliphatic rings. The molecular weight excluding hydrogens is 258 g/mol. The minimum absolute atomic E-state index is 0.648. The van der Waals surface area contributed by atoms with Gasteiger partial charge in [0.25, 0.3) is 0 Å². The molecule has 1 atom stereocenters. The van der Waals surface area contributed by atoms with Crippen LogP contribution >= 0.6 is 11.5 Å². The summed E-state index contributed by atoms with van der Waals surface area (Å²) in [6.45, 7) is 2.05. The van der Waals surface area contributed by atoms with E-state index in [1.807, 2.05) is 6.20 Å². The second-order valence-corrected chi connectivity index (χ2v) is 6.27. The molecule has 1 unspecified atom stereocenters. The van der Waals surface area contributed by atoms with Crippen molar-refractivity contribution in [1.82, 2.24) is 18.9 Å². The van der Waals surface area contributed by atoms with Crippen LogP contribution in [0, 0.1) is 5.92 Å². The van der Waals surface area contributed by atoms with Crippen LogP contribution in [-0.2, 0) is 13.0 Å². The van der Waals surface area contributed by atoms with E-state index >= 15 is 0 Å². The standard InChI is InChI=1S/C13H17N5S/c1-4-11-14-5-6-18(11)8-9(1)7-15-13-16-12(17-19-13)10-2-3-10/h5-6,9-10H,1-4,7-8H2,(H,15,16,17). The average molecular weight is 275 g/mol. The maximum atomic E-state index is 4.57. The maximum absolute atomic E-state index is 4.57. The van der Waals surface area contributed by atoms with Gasteiger partial charge < -0.3 is 9.88 Å². The summed E-state index contributed by atoms with van der Waals surface area (Å²) in [7, 11) is 0. The summed E-state index contributed by atoms with van der Waals surface area (Å²) in [5, 5.41) is 4.44. The summed E-state index contributed by atoms with van der Waals surface area (Å²) in [4.78, 5) is 8.93. The van der Waals surface area contributed by atoms with E-state index in [-0.39, 0.29) is 0 Å². The summed E-state index contributed by atoms with van der Waals surface area (Å²) in [6.07, 6.45) is 8.81. The zero-order chi connectivity index (χ0) is 12.7. The highest BCUT2D eigenvalue weighted by Gasteiger charge is 2.28. The van der Waals surface area contributed by atoms with Crippen molar-refractivity contribution < 1.29 is 0 Å². The number of aryl methyl sites for hydroxylation is 1. The van der Waals surface area contributed by atoms with E-state index in [1.165, 1.54) is 36.6 Å². The fourth-order valence-electron chi connectivity index (χ4n) is 2.65. The van der Waals surface area contributed by atoms with E-state index in [1.54, 1.807) is 0 Å². The topological polar surface area (TPSA) is 55.6 Å². The fourth-order valence-corrected chi connectivity index (χ4v) is 3.30. The molecule has 19 heavy (non-hydrogen) atoms. The lowest BCUT2D eigenvalue weighted by molar-refractivity contribution is 0.381. The van der Waals surface area contributed by atoms with Gasteiger partial charge in [-0.2, -0.15) is 4.37 Å². The number of nitrogens with one attached hydrogen (secondary N) is 1. The van der Waals surface area contributed by atoms with Crippen LogP contribution in [0.1, 0.15) is 36.8 Å². The summed E-state index contributed by atoms with van der Waals surface area (Å²) >= 11 is 1.50. The Morgan fingerprint density at radius 2 is 2.32 bits per heavy atom. The van der Waals surface area contributed by atoms with Crippen LogP contribution in [0.5, 0.6) is 0 Å². The summed E-state index contributed by atoms with van der Waals surface area (Å²) < 4.78 is 6.69. The molecule has 0 bridgehead atoms. The van der Waals surface area contributed by atoms with Crippen LogP contribution in [0.2, 0.25) is 0 Å². The molecule has 0 radical (unpaired) electrons. The smallest absolute Gasteiger partial charge is 0.202 e. The predicted octanol–water partition coefficient (Wildman–Crippen LogP) is 2.29. The molecule has 2 aromatic rings. The molecule has 0 amide bonds. The average Bonchev–Trinajstić information content (AvgIpc) is 3.01. The Morgan fingerprint density at radius 3 is 3.21 bits per heavy atom. The number of imidazole rings is 1. The lowest BCUT2D eigenvalue weighted by Gasteiger charge is -2.23. The predicted molar refractivity (Wildman–Crippen MR) is 74.4 cm³/mol. The van der Waals surface area contributed by atoms with Crippen molar-refractivity contribution in [2.24, 2.45) is 5.92 Å². The van der Waals surface area contributed by atoms with Crippen molar-refractivity contribution in [2.45, 2.75) is 38.1 Å². The quantitative estimate of drug-likeness (QED) is 0.930. The Morgan fingerprint density at radius 1 is 1.37 bits per heavy atom. The Balaban J connectivity index is 1.34. The molecule has 2 aromatic heterocycles. The first kappa shape index (κ1) is 11.4. The van der Waals surface area contributed by atoms with Crippen molar-refractivity contribution in [2.75, 3.05) is 11.9 Å². The highest BCUT2D eigenvalue weighted by Crippen LogP contribution is 2.39. The fraction of sp³-hybridized carbons (Fsp3) is 0.615. The Bertz CT molecular complexity index is 571. The molecule has 1 aliphatic carbocycles. The first-order chi connectivity index (χ1) is 9.38. The van der Waals surface area contributed by atoms with E-state index in [0.717, 1.165) is 30.5 Å². The van der Waals surface area contributed by atoms with Gasteiger partial charge in [0.05, 0.1) is 0 Å². The van der Waals surface area contributed by atoms with Gasteiger partial charge in [-0.25, -0.2) is 9.97 Å². The SMILES string of the molecule is c1cn2c(n1)CCC(CNc1nc(C3CC3)ns1)C2. The molecular formula is C13H17N5S. The van der Waals surface area contributed by atoms with Gasteiger partial charge in [-0.1, -0.05) is 0 Å². The van der Waals surface area contributed by atoms with Crippen molar-refractivity contribution >= 4 is 16.7 Å². The van der Waals surface area contributed by atoms with Gasteiger partial charge in [0, 0.05) is 49.4 Å². The third kappa shape index (κ3) is 2.36. The van der Waals surface area contributed by atoms with E-state index in [0.29, 0.717) is 11.8 Å². The molecule has 3 heterocycles. The van der Waals surface area contributed by atoms with Gasteiger partial charge in [-0.15, -0.1) is 0 Å². The van der Waals surface area contributed by atoms with Crippen molar-refractivity contribution in [3.05, 3.63) is 24.0 Å². The lowest BCUT2D eigenvalue weighted by Crippen LogP contribution is -2.25. The number of anilines is 1. The number of hydrogen-bond donors (Lipinski definition) is 1. The van der Waals surface area contributed by atoms with Crippen LogP contribution < -0.4 is 5.32 Å². The molecule has 1 fully saturated rings. The first-order valence-corrected chi connectivity index (χ1v) is 7.73. The van der Waals surface area contributed by atoms with Crippen LogP contribution in [0.3, 0.4) is 0 Å². The summed E-state index contributed by atoms with van der Waals surface area (Å²) in [5.41, 5.74) is 0. The van der Waals surface area contributed by atoms with Gasteiger partial charge >= 0.3 is 0 Å². The van der Waals surface area contributed by atoms with Gasteiger partial charge in [0.1, 0.15) is 11.6 Å². The van der Waals surface area contributed by atoms with Crippen molar-refractivity contribution in [3.63, 3.8) is 0 Å². The highest BCUT2D eigenvalue weighted by atomic mass is 32.1. The van der Waals surface area contributed by atoms with E-state index in [9.17, 15) is 0 Å². The van der Waals surface area contributed by atoms with E-state index in [4.69, 9.17) is 0 Å². The molecule has 100 valence electrons. The molecule has 5 nitrogen and oxygen atoms in total.